The Morgan fingerprint density at radius 1 is 1.50 bits per heavy atom. The van der Waals surface area contributed by atoms with Crippen LogP contribution in [0.1, 0.15) is 18.5 Å². The summed E-state index contributed by atoms with van der Waals surface area (Å²) in [7, 11) is -2.04. The number of rotatable bonds is 3. The molecule has 2 rings (SSSR count). The summed E-state index contributed by atoms with van der Waals surface area (Å²) in [6.07, 6.45) is 1.96. The summed E-state index contributed by atoms with van der Waals surface area (Å²) in [5, 5.41) is 8.63. The molecule has 1 aliphatic rings. The van der Waals surface area contributed by atoms with Crippen LogP contribution in [0, 0.1) is 11.3 Å². The maximum absolute atomic E-state index is 12.2. The van der Waals surface area contributed by atoms with Crippen molar-refractivity contribution in [2.45, 2.75) is 23.8 Å². The summed E-state index contributed by atoms with van der Waals surface area (Å²) in [5.74, 6) is 0.0143. The first-order valence-electron chi connectivity index (χ1n) is 6.05. The van der Waals surface area contributed by atoms with Crippen LogP contribution in [0.4, 0.5) is 0 Å². The number of nitrogens with one attached hydrogen (secondary N) is 1. The average Bonchev–Trinajstić information content (AvgIpc) is 2.43. The Balaban J connectivity index is 2.11. The minimum Gasteiger partial charge on any atom is -0.344 e. The van der Waals surface area contributed by atoms with Crippen molar-refractivity contribution in [1.29, 1.82) is 5.26 Å². The highest BCUT2D eigenvalue weighted by atomic mass is 32.2. The molecule has 1 N–H and O–H groups in total. The van der Waals surface area contributed by atoms with E-state index in [0.29, 0.717) is 19.4 Å². The highest BCUT2D eigenvalue weighted by Crippen LogP contribution is 2.14. The van der Waals surface area contributed by atoms with E-state index in [2.05, 4.69) is 9.71 Å². The number of likely N-dealkylation sites (N-methyl/N-ethyl adjacent to an activating group) is 1. The van der Waals surface area contributed by atoms with Crippen molar-refractivity contribution in [2.75, 3.05) is 13.6 Å². The molecular weight excluding hydrogens is 280 g/mol. The third-order valence-electron chi connectivity index (χ3n) is 3.11. The first-order valence-corrected chi connectivity index (χ1v) is 7.53. The fourth-order valence-electron chi connectivity index (χ4n) is 2.00. The Labute approximate surface area is 117 Å². The van der Waals surface area contributed by atoms with Gasteiger partial charge in [0.2, 0.25) is 15.9 Å². The largest absolute Gasteiger partial charge is 0.344 e. The van der Waals surface area contributed by atoms with Crippen LogP contribution < -0.4 is 4.72 Å². The Morgan fingerprint density at radius 3 is 2.80 bits per heavy atom. The van der Waals surface area contributed by atoms with Gasteiger partial charge in [0, 0.05) is 32.3 Å². The van der Waals surface area contributed by atoms with Crippen molar-refractivity contribution >= 4 is 15.9 Å². The first kappa shape index (κ1) is 14.4. The van der Waals surface area contributed by atoms with Gasteiger partial charge in [-0.3, -0.25) is 4.79 Å². The molecule has 0 aromatic carbocycles. The minimum atomic E-state index is -3.69. The molecule has 0 saturated carbocycles. The monoisotopic (exact) mass is 294 g/mol. The third-order valence-corrected chi connectivity index (χ3v) is 4.62. The summed E-state index contributed by atoms with van der Waals surface area (Å²) in [4.78, 5) is 16.6. The predicted octanol–water partition coefficient (Wildman–Crippen LogP) is -0.148. The van der Waals surface area contributed by atoms with Crippen molar-refractivity contribution < 1.29 is 13.2 Å². The van der Waals surface area contributed by atoms with Crippen LogP contribution in [-0.2, 0) is 14.8 Å². The lowest BCUT2D eigenvalue weighted by Crippen LogP contribution is -2.48. The zero-order chi connectivity index (χ0) is 14.8. The number of piperidine rings is 1. The summed E-state index contributed by atoms with van der Waals surface area (Å²) >= 11 is 0. The Hall–Kier alpha value is -1.98. The average molecular weight is 294 g/mol. The van der Waals surface area contributed by atoms with Gasteiger partial charge in [0.25, 0.3) is 0 Å². The number of carbonyl (C=O) groups excluding carboxylic acids is 1. The van der Waals surface area contributed by atoms with Gasteiger partial charge in [0.15, 0.2) is 0 Å². The predicted molar refractivity (Wildman–Crippen MR) is 69.9 cm³/mol. The Bertz CT molecular complexity index is 648. The Kier molecular flexibility index (Phi) is 4.01. The second kappa shape index (κ2) is 5.56. The summed E-state index contributed by atoms with van der Waals surface area (Å²) < 4.78 is 26.9. The van der Waals surface area contributed by atoms with Crippen molar-refractivity contribution in [1.82, 2.24) is 14.6 Å². The van der Waals surface area contributed by atoms with Gasteiger partial charge in [-0.15, -0.1) is 0 Å². The van der Waals surface area contributed by atoms with E-state index in [9.17, 15) is 13.2 Å². The van der Waals surface area contributed by atoms with Gasteiger partial charge in [-0.25, -0.2) is 18.1 Å². The van der Waals surface area contributed by atoms with Crippen molar-refractivity contribution in [3.05, 3.63) is 24.0 Å². The molecule has 1 aromatic rings. The van der Waals surface area contributed by atoms with Crippen LogP contribution in [0.3, 0.4) is 0 Å². The second-order valence-corrected chi connectivity index (χ2v) is 6.34. The van der Waals surface area contributed by atoms with Crippen molar-refractivity contribution in [2.24, 2.45) is 0 Å². The number of sulfonamides is 1. The molecule has 2 heterocycles. The van der Waals surface area contributed by atoms with Gasteiger partial charge in [0.1, 0.15) is 16.7 Å². The van der Waals surface area contributed by atoms with Crippen LogP contribution in [-0.4, -0.2) is 43.8 Å². The van der Waals surface area contributed by atoms with Crippen molar-refractivity contribution in [3.63, 3.8) is 0 Å². The maximum Gasteiger partial charge on any atom is 0.242 e. The lowest BCUT2D eigenvalue weighted by Gasteiger charge is -2.29. The van der Waals surface area contributed by atoms with E-state index in [1.807, 2.05) is 6.07 Å². The summed E-state index contributed by atoms with van der Waals surface area (Å²) in [6, 6.07) is 4.21. The van der Waals surface area contributed by atoms with Crippen LogP contribution in [0.15, 0.2) is 23.2 Å². The molecule has 0 aliphatic carbocycles. The fraction of sp³-hybridized carbons (Fsp3) is 0.417. The first-order chi connectivity index (χ1) is 9.42. The van der Waals surface area contributed by atoms with Gasteiger partial charge in [-0.1, -0.05) is 0 Å². The lowest BCUT2D eigenvalue weighted by molar-refractivity contribution is -0.132. The number of carbonyl (C=O) groups is 1. The molecule has 106 valence electrons. The molecule has 0 spiro atoms. The van der Waals surface area contributed by atoms with Gasteiger partial charge in [0.05, 0.1) is 0 Å². The fourth-order valence-corrected chi connectivity index (χ4v) is 3.21. The molecule has 1 atom stereocenters. The molecule has 1 aromatic heterocycles. The molecule has 1 saturated heterocycles. The third kappa shape index (κ3) is 3.12. The summed E-state index contributed by atoms with van der Waals surface area (Å²) in [6.45, 7) is 0.349. The van der Waals surface area contributed by atoms with E-state index in [0.717, 1.165) is 6.20 Å². The number of amides is 1. The van der Waals surface area contributed by atoms with Crippen molar-refractivity contribution in [3.8, 4) is 6.07 Å². The molecule has 1 amide bonds. The molecular formula is C12H14N4O3S. The Morgan fingerprint density at radius 2 is 2.25 bits per heavy atom. The molecule has 1 aliphatic heterocycles. The van der Waals surface area contributed by atoms with Crippen LogP contribution in [0.25, 0.3) is 0 Å². The number of aromatic nitrogens is 1. The number of nitrogens with zero attached hydrogens (tertiary/aromatic N) is 3. The van der Waals surface area contributed by atoms with Crippen LogP contribution >= 0.6 is 0 Å². The van der Waals surface area contributed by atoms with E-state index in [-0.39, 0.29) is 22.5 Å². The van der Waals surface area contributed by atoms with E-state index in [4.69, 9.17) is 5.26 Å². The van der Waals surface area contributed by atoms with E-state index in [1.165, 1.54) is 17.0 Å². The second-order valence-electron chi connectivity index (χ2n) is 4.62. The molecule has 1 fully saturated rings. The van der Waals surface area contributed by atoms with Gasteiger partial charge in [-0.2, -0.15) is 5.26 Å². The van der Waals surface area contributed by atoms with E-state index >= 15 is 0 Å². The zero-order valence-corrected chi connectivity index (χ0v) is 11.7. The van der Waals surface area contributed by atoms with Gasteiger partial charge in [-0.05, 0) is 18.6 Å². The van der Waals surface area contributed by atoms with Gasteiger partial charge >= 0.3 is 0 Å². The molecule has 0 radical (unpaired) electrons. The van der Waals surface area contributed by atoms with Gasteiger partial charge < -0.3 is 4.90 Å². The standard InChI is InChI=1S/C12H14N4O3S/c1-16-8-10(3-5-12(16)17)15-20(18,19)11-4-2-9(6-13)14-7-11/h2,4,7,10,15H,3,5,8H2,1H3. The summed E-state index contributed by atoms with van der Waals surface area (Å²) in [5.41, 5.74) is 0.159. The molecule has 0 bridgehead atoms. The minimum absolute atomic E-state index is 0.0102. The smallest absolute Gasteiger partial charge is 0.242 e. The maximum atomic E-state index is 12.2. The number of hydrogen-bond acceptors (Lipinski definition) is 5. The van der Waals surface area contributed by atoms with Crippen LogP contribution in [0.2, 0.25) is 0 Å². The quantitative estimate of drug-likeness (QED) is 0.835. The number of pyridine rings is 1. The normalized spacial score (nSPS) is 19.7. The zero-order valence-electron chi connectivity index (χ0n) is 10.9. The molecule has 8 heteroatoms. The topological polar surface area (TPSA) is 103 Å². The highest BCUT2D eigenvalue weighted by molar-refractivity contribution is 7.89. The number of likely N-dealkylation sites (tertiary alicyclic amines) is 1. The lowest BCUT2D eigenvalue weighted by atomic mass is 10.1. The van der Waals surface area contributed by atoms with E-state index < -0.39 is 10.0 Å². The number of hydrogen-bond donors (Lipinski definition) is 1. The molecule has 1 unspecified atom stereocenters. The molecule has 20 heavy (non-hydrogen) atoms. The molecule has 7 nitrogen and oxygen atoms in total. The van der Waals surface area contributed by atoms with Crippen LogP contribution in [0.5, 0.6) is 0 Å². The van der Waals surface area contributed by atoms with E-state index in [1.54, 1.807) is 7.05 Å². The highest BCUT2D eigenvalue weighted by Gasteiger charge is 2.27. The SMILES string of the molecule is CN1CC(NS(=O)(=O)c2ccc(C#N)nc2)CCC1=O. The number of nitriles is 1.